The molecule has 1 aromatic rings. The molecule has 0 unspecified atom stereocenters. The summed E-state index contributed by atoms with van der Waals surface area (Å²) in [6.07, 6.45) is 2.90. The molecule has 1 heterocycles. The van der Waals surface area contributed by atoms with Crippen LogP contribution in [0.15, 0.2) is 18.2 Å². The van der Waals surface area contributed by atoms with Crippen LogP contribution in [0, 0.1) is 10.1 Å². The summed E-state index contributed by atoms with van der Waals surface area (Å²) in [7, 11) is 0. The van der Waals surface area contributed by atoms with Crippen molar-refractivity contribution in [1.82, 2.24) is 0 Å². The Morgan fingerprint density at radius 2 is 2.15 bits per heavy atom. The van der Waals surface area contributed by atoms with E-state index in [4.69, 9.17) is 4.74 Å². The van der Waals surface area contributed by atoms with Crippen molar-refractivity contribution < 1.29 is 14.5 Å². The molecule has 2 rings (SSSR count). The molecule has 0 bridgehead atoms. The highest BCUT2D eigenvalue weighted by atomic mass is 79.9. The summed E-state index contributed by atoms with van der Waals surface area (Å²) >= 11 is 3.36. The molecule has 7 heteroatoms. The molecule has 1 aromatic carbocycles. The number of benzene rings is 1. The number of anilines is 1. The van der Waals surface area contributed by atoms with Gasteiger partial charge in [0, 0.05) is 24.0 Å². The van der Waals surface area contributed by atoms with E-state index in [0.717, 1.165) is 24.6 Å². The first-order chi connectivity index (χ1) is 9.63. The van der Waals surface area contributed by atoms with Gasteiger partial charge in [-0.15, -0.1) is 0 Å². The lowest BCUT2D eigenvalue weighted by Gasteiger charge is -2.29. The fourth-order valence-electron chi connectivity index (χ4n) is 2.09. The van der Waals surface area contributed by atoms with Gasteiger partial charge in [0.1, 0.15) is 5.75 Å². The maximum Gasteiger partial charge on any atom is 0.271 e. The molecule has 0 saturated carbocycles. The summed E-state index contributed by atoms with van der Waals surface area (Å²) in [5.74, 6) is 0.368. The number of hydrogen-bond acceptors (Lipinski definition) is 4. The lowest BCUT2D eigenvalue weighted by atomic mass is 10.2. The van der Waals surface area contributed by atoms with Crippen LogP contribution in [0.1, 0.15) is 19.3 Å². The summed E-state index contributed by atoms with van der Waals surface area (Å²) in [6.45, 7) is 0.548. The topological polar surface area (TPSA) is 72.7 Å². The Morgan fingerprint density at radius 1 is 1.35 bits per heavy atom. The predicted octanol–water partition coefficient (Wildman–Crippen LogP) is 2.89. The second kappa shape index (κ2) is 6.69. The Labute approximate surface area is 125 Å². The minimum absolute atomic E-state index is 0.0107. The van der Waals surface area contributed by atoms with E-state index in [2.05, 4.69) is 15.9 Å². The van der Waals surface area contributed by atoms with E-state index >= 15 is 0 Å². The zero-order valence-corrected chi connectivity index (χ0v) is 12.5. The average molecular weight is 343 g/mol. The number of alkyl halides is 1. The third-order valence-corrected chi connectivity index (χ3v) is 3.67. The Kier molecular flexibility index (Phi) is 4.94. The maximum absolute atomic E-state index is 11.9. The van der Waals surface area contributed by atoms with Crippen molar-refractivity contribution >= 4 is 33.2 Å². The molecule has 1 amide bonds. The standard InChI is InChI=1S/C13H15BrN2O4/c14-6-2-1-3-7-15-11-8-10(16(18)19)4-5-12(11)20-9-13(15)17/h4-5,8H,1-3,6-7,9H2. The highest BCUT2D eigenvalue weighted by molar-refractivity contribution is 9.09. The molecule has 0 aliphatic carbocycles. The molecule has 1 aliphatic rings. The number of carbonyl (C=O) groups is 1. The summed E-state index contributed by atoms with van der Waals surface area (Å²) < 4.78 is 5.31. The molecular weight excluding hydrogens is 328 g/mol. The fourth-order valence-corrected chi connectivity index (χ4v) is 2.49. The third-order valence-electron chi connectivity index (χ3n) is 3.11. The number of unbranched alkanes of at least 4 members (excludes halogenated alkanes) is 2. The van der Waals surface area contributed by atoms with E-state index in [9.17, 15) is 14.9 Å². The summed E-state index contributed by atoms with van der Waals surface area (Å²) in [5.41, 5.74) is 0.460. The maximum atomic E-state index is 11.9. The zero-order valence-electron chi connectivity index (χ0n) is 10.9. The summed E-state index contributed by atoms with van der Waals surface area (Å²) in [6, 6.07) is 4.33. The number of nitro benzene ring substituents is 1. The highest BCUT2D eigenvalue weighted by Gasteiger charge is 2.27. The molecule has 0 atom stereocenters. The first kappa shape index (κ1) is 14.8. The van der Waals surface area contributed by atoms with Crippen molar-refractivity contribution in [1.29, 1.82) is 0 Å². The molecule has 0 saturated heterocycles. The van der Waals surface area contributed by atoms with E-state index < -0.39 is 4.92 Å². The van der Waals surface area contributed by atoms with Crippen LogP contribution >= 0.6 is 15.9 Å². The monoisotopic (exact) mass is 342 g/mol. The van der Waals surface area contributed by atoms with Gasteiger partial charge in [-0.1, -0.05) is 22.4 Å². The van der Waals surface area contributed by atoms with Gasteiger partial charge in [-0.3, -0.25) is 14.9 Å². The number of fused-ring (bicyclic) bond motifs is 1. The number of amides is 1. The van der Waals surface area contributed by atoms with Crippen molar-refractivity contribution in [3.8, 4) is 5.75 Å². The van der Waals surface area contributed by atoms with Crippen LogP contribution < -0.4 is 9.64 Å². The molecule has 108 valence electrons. The number of carbonyl (C=O) groups excluding carboxylic acids is 1. The predicted molar refractivity (Wildman–Crippen MR) is 78.6 cm³/mol. The van der Waals surface area contributed by atoms with Crippen LogP contribution in [0.2, 0.25) is 0 Å². The first-order valence-corrected chi connectivity index (χ1v) is 7.53. The van der Waals surface area contributed by atoms with Crippen LogP contribution in [0.3, 0.4) is 0 Å². The van der Waals surface area contributed by atoms with Crippen molar-refractivity contribution in [3.05, 3.63) is 28.3 Å². The number of nitrogens with zero attached hydrogens (tertiary/aromatic N) is 2. The summed E-state index contributed by atoms with van der Waals surface area (Å²) in [4.78, 5) is 23.9. The molecule has 0 radical (unpaired) electrons. The lowest BCUT2D eigenvalue weighted by molar-refractivity contribution is -0.384. The number of nitro groups is 1. The van der Waals surface area contributed by atoms with Gasteiger partial charge in [0.15, 0.2) is 6.61 Å². The second-order valence-electron chi connectivity index (χ2n) is 4.49. The largest absolute Gasteiger partial charge is 0.482 e. The SMILES string of the molecule is O=C1COc2ccc([N+](=O)[O-])cc2N1CCCCCBr. The van der Waals surface area contributed by atoms with E-state index in [1.165, 1.54) is 12.1 Å². The van der Waals surface area contributed by atoms with E-state index in [1.54, 1.807) is 11.0 Å². The molecule has 0 aromatic heterocycles. The number of non-ortho nitro benzene ring substituents is 1. The van der Waals surface area contributed by atoms with Crippen molar-refractivity contribution in [2.75, 3.05) is 23.4 Å². The Morgan fingerprint density at radius 3 is 2.85 bits per heavy atom. The van der Waals surface area contributed by atoms with Gasteiger partial charge < -0.3 is 9.64 Å². The lowest BCUT2D eigenvalue weighted by Crippen LogP contribution is -2.39. The van der Waals surface area contributed by atoms with Gasteiger partial charge in [-0.25, -0.2) is 0 Å². The Balaban J connectivity index is 2.18. The number of hydrogen-bond donors (Lipinski definition) is 0. The zero-order chi connectivity index (χ0) is 14.5. The summed E-state index contributed by atoms with van der Waals surface area (Å²) in [5, 5.41) is 11.8. The average Bonchev–Trinajstić information content (AvgIpc) is 2.44. The van der Waals surface area contributed by atoms with Crippen molar-refractivity contribution in [2.24, 2.45) is 0 Å². The third kappa shape index (κ3) is 3.27. The molecular formula is C13H15BrN2O4. The van der Waals surface area contributed by atoms with Gasteiger partial charge in [-0.05, 0) is 18.9 Å². The van der Waals surface area contributed by atoms with Gasteiger partial charge in [0.05, 0.1) is 10.6 Å². The van der Waals surface area contributed by atoms with Crippen LogP contribution in [0.25, 0.3) is 0 Å². The molecule has 0 spiro atoms. The van der Waals surface area contributed by atoms with Gasteiger partial charge >= 0.3 is 0 Å². The van der Waals surface area contributed by atoms with Crippen LogP contribution in [0.4, 0.5) is 11.4 Å². The Hall–Kier alpha value is -1.63. The first-order valence-electron chi connectivity index (χ1n) is 6.41. The smallest absolute Gasteiger partial charge is 0.271 e. The van der Waals surface area contributed by atoms with Crippen LogP contribution in [-0.4, -0.2) is 29.3 Å². The minimum atomic E-state index is -0.470. The molecule has 6 nitrogen and oxygen atoms in total. The van der Waals surface area contributed by atoms with Crippen LogP contribution in [-0.2, 0) is 4.79 Å². The van der Waals surface area contributed by atoms with Gasteiger partial charge in [0.25, 0.3) is 11.6 Å². The number of halogens is 1. The van der Waals surface area contributed by atoms with Gasteiger partial charge in [-0.2, -0.15) is 0 Å². The van der Waals surface area contributed by atoms with E-state index in [-0.39, 0.29) is 18.2 Å². The van der Waals surface area contributed by atoms with Crippen molar-refractivity contribution in [2.45, 2.75) is 19.3 Å². The molecule has 1 aliphatic heterocycles. The normalized spacial score (nSPS) is 13.8. The fraction of sp³-hybridized carbons (Fsp3) is 0.462. The molecule has 20 heavy (non-hydrogen) atoms. The molecule has 0 N–H and O–H groups in total. The van der Waals surface area contributed by atoms with Gasteiger partial charge in [0.2, 0.25) is 0 Å². The molecule has 0 fully saturated rings. The minimum Gasteiger partial charge on any atom is -0.482 e. The number of rotatable bonds is 6. The number of ether oxygens (including phenoxy) is 1. The Bertz CT molecular complexity index is 521. The van der Waals surface area contributed by atoms with E-state index in [1.807, 2.05) is 0 Å². The highest BCUT2D eigenvalue weighted by Crippen LogP contribution is 2.35. The quantitative estimate of drug-likeness (QED) is 0.345. The van der Waals surface area contributed by atoms with Crippen molar-refractivity contribution in [3.63, 3.8) is 0 Å². The second-order valence-corrected chi connectivity index (χ2v) is 5.29. The van der Waals surface area contributed by atoms with E-state index in [0.29, 0.717) is 18.0 Å². The van der Waals surface area contributed by atoms with Crippen LogP contribution in [0.5, 0.6) is 5.75 Å².